The van der Waals surface area contributed by atoms with Crippen LogP contribution in [0.2, 0.25) is 0 Å². The minimum absolute atomic E-state index is 0.00138. The van der Waals surface area contributed by atoms with Crippen LogP contribution in [-0.2, 0) is 14.3 Å². The van der Waals surface area contributed by atoms with Gasteiger partial charge in [0, 0.05) is 13.1 Å². The van der Waals surface area contributed by atoms with Gasteiger partial charge in [-0.2, -0.15) is 0 Å². The van der Waals surface area contributed by atoms with E-state index in [2.05, 4.69) is 0 Å². The van der Waals surface area contributed by atoms with Gasteiger partial charge in [-0.25, -0.2) is 0 Å². The number of piperidine rings is 1. The predicted molar refractivity (Wildman–Crippen MR) is 66.1 cm³/mol. The summed E-state index contributed by atoms with van der Waals surface area (Å²) in [6.07, 6.45) is 2.24. The third kappa shape index (κ3) is 4.62. The van der Waals surface area contributed by atoms with Crippen LogP contribution in [0.25, 0.3) is 0 Å². The van der Waals surface area contributed by atoms with Crippen molar-refractivity contribution >= 4 is 11.9 Å². The number of amides is 1. The Morgan fingerprint density at radius 2 is 2.06 bits per heavy atom. The van der Waals surface area contributed by atoms with Crippen molar-refractivity contribution in [3.8, 4) is 0 Å². The Morgan fingerprint density at radius 1 is 1.44 bits per heavy atom. The summed E-state index contributed by atoms with van der Waals surface area (Å²) in [5.41, 5.74) is 5.71. The third-order valence-electron chi connectivity index (χ3n) is 3.18. The molecule has 1 amide bonds. The first-order chi connectivity index (χ1) is 8.54. The molecule has 1 heterocycles. The Bertz CT molecular complexity index is 288. The highest BCUT2D eigenvalue weighted by Crippen LogP contribution is 2.15. The van der Waals surface area contributed by atoms with Crippen molar-refractivity contribution in [1.82, 2.24) is 4.90 Å². The molecule has 1 rings (SSSR count). The molecule has 104 valence electrons. The van der Waals surface area contributed by atoms with Crippen LogP contribution >= 0.6 is 0 Å². The number of aliphatic carboxylic acids is 1. The molecule has 0 aromatic carbocycles. The highest BCUT2D eigenvalue weighted by atomic mass is 16.5. The molecule has 3 N–H and O–H groups in total. The van der Waals surface area contributed by atoms with E-state index in [0.717, 1.165) is 12.8 Å². The second-order valence-electron chi connectivity index (χ2n) is 4.55. The molecule has 0 aromatic rings. The fourth-order valence-electron chi connectivity index (χ4n) is 1.96. The maximum absolute atomic E-state index is 11.8. The summed E-state index contributed by atoms with van der Waals surface area (Å²) in [6.45, 7) is 3.42. The minimum atomic E-state index is -0.850. The van der Waals surface area contributed by atoms with Crippen LogP contribution in [-0.4, -0.2) is 53.7 Å². The van der Waals surface area contributed by atoms with E-state index in [1.54, 1.807) is 4.90 Å². The molecule has 1 aliphatic heterocycles. The molecule has 0 unspecified atom stereocenters. The number of nitrogens with zero attached hydrogens (tertiary/aromatic N) is 1. The maximum Gasteiger partial charge on any atom is 0.305 e. The van der Waals surface area contributed by atoms with Crippen LogP contribution in [0.3, 0.4) is 0 Å². The molecule has 1 saturated heterocycles. The zero-order valence-corrected chi connectivity index (χ0v) is 10.8. The number of carbonyl (C=O) groups is 2. The monoisotopic (exact) mass is 258 g/mol. The average Bonchev–Trinajstić information content (AvgIpc) is 2.37. The van der Waals surface area contributed by atoms with Crippen LogP contribution in [0.1, 0.15) is 32.6 Å². The minimum Gasteiger partial charge on any atom is -0.481 e. The van der Waals surface area contributed by atoms with Gasteiger partial charge in [-0.15, -0.1) is 0 Å². The standard InChI is InChI=1S/C12H22N2O4/c1-2-10(13)12(17)14-6-3-9(4-7-14)18-8-5-11(15)16/h9-10H,2-8,13H2,1H3,(H,15,16)/t10-/m1/s1. The lowest BCUT2D eigenvalue weighted by molar-refractivity contribution is -0.139. The lowest BCUT2D eigenvalue weighted by Crippen LogP contribution is -2.48. The number of rotatable bonds is 6. The second kappa shape index (κ2) is 7.33. The van der Waals surface area contributed by atoms with Crippen LogP contribution in [0.15, 0.2) is 0 Å². The van der Waals surface area contributed by atoms with Gasteiger partial charge in [0.15, 0.2) is 0 Å². The van der Waals surface area contributed by atoms with E-state index in [9.17, 15) is 9.59 Å². The zero-order chi connectivity index (χ0) is 13.5. The Kier molecular flexibility index (Phi) is 6.07. The molecule has 0 radical (unpaired) electrons. The molecule has 0 spiro atoms. The molecule has 0 saturated carbocycles. The molecule has 18 heavy (non-hydrogen) atoms. The first-order valence-electron chi connectivity index (χ1n) is 6.42. The van der Waals surface area contributed by atoms with Gasteiger partial charge in [-0.3, -0.25) is 9.59 Å². The molecule has 0 aromatic heterocycles. The van der Waals surface area contributed by atoms with Crippen LogP contribution in [0, 0.1) is 0 Å². The number of carboxylic acids is 1. The van der Waals surface area contributed by atoms with Crippen molar-refractivity contribution in [2.75, 3.05) is 19.7 Å². The second-order valence-corrected chi connectivity index (χ2v) is 4.55. The number of hydrogen-bond donors (Lipinski definition) is 2. The smallest absolute Gasteiger partial charge is 0.305 e. The van der Waals surface area contributed by atoms with E-state index >= 15 is 0 Å². The average molecular weight is 258 g/mol. The Balaban J connectivity index is 2.24. The van der Waals surface area contributed by atoms with Gasteiger partial charge in [0.1, 0.15) is 0 Å². The van der Waals surface area contributed by atoms with Gasteiger partial charge in [-0.1, -0.05) is 6.92 Å². The van der Waals surface area contributed by atoms with E-state index in [0.29, 0.717) is 19.5 Å². The van der Waals surface area contributed by atoms with Gasteiger partial charge < -0.3 is 20.5 Å². The summed E-state index contributed by atoms with van der Waals surface area (Å²) in [6, 6.07) is -0.408. The molecule has 6 nitrogen and oxygen atoms in total. The van der Waals surface area contributed by atoms with Crippen molar-refractivity contribution in [3.05, 3.63) is 0 Å². The molecule has 1 fully saturated rings. The molecular formula is C12H22N2O4. The fraction of sp³-hybridized carbons (Fsp3) is 0.833. The Morgan fingerprint density at radius 3 is 2.56 bits per heavy atom. The Labute approximate surface area is 107 Å². The summed E-state index contributed by atoms with van der Waals surface area (Å²) in [5, 5.41) is 8.50. The topological polar surface area (TPSA) is 92.9 Å². The number of carboxylic acid groups (broad SMARTS) is 1. The zero-order valence-electron chi connectivity index (χ0n) is 10.8. The molecule has 1 aliphatic rings. The summed E-state index contributed by atoms with van der Waals surface area (Å²) in [5.74, 6) is -0.849. The summed E-state index contributed by atoms with van der Waals surface area (Å²) in [7, 11) is 0. The molecule has 0 bridgehead atoms. The lowest BCUT2D eigenvalue weighted by atomic mass is 10.1. The first-order valence-corrected chi connectivity index (χ1v) is 6.42. The van der Waals surface area contributed by atoms with Gasteiger partial charge in [0.25, 0.3) is 0 Å². The molecule has 6 heteroatoms. The Hall–Kier alpha value is -1.14. The van der Waals surface area contributed by atoms with Crippen molar-refractivity contribution in [2.45, 2.75) is 44.8 Å². The largest absolute Gasteiger partial charge is 0.481 e. The first kappa shape index (κ1) is 14.9. The van der Waals surface area contributed by atoms with Gasteiger partial charge in [0.05, 0.1) is 25.2 Å². The molecule has 0 aliphatic carbocycles. The third-order valence-corrected chi connectivity index (χ3v) is 3.18. The van der Waals surface area contributed by atoms with Gasteiger partial charge in [-0.05, 0) is 19.3 Å². The number of carbonyl (C=O) groups excluding carboxylic acids is 1. The number of hydrogen-bond acceptors (Lipinski definition) is 4. The van der Waals surface area contributed by atoms with Crippen molar-refractivity contribution in [1.29, 1.82) is 0 Å². The maximum atomic E-state index is 11.8. The lowest BCUT2D eigenvalue weighted by Gasteiger charge is -2.33. The summed E-state index contributed by atoms with van der Waals surface area (Å²) in [4.78, 5) is 23.9. The van der Waals surface area contributed by atoms with Crippen molar-refractivity contribution in [2.24, 2.45) is 5.73 Å². The van der Waals surface area contributed by atoms with Crippen molar-refractivity contribution in [3.63, 3.8) is 0 Å². The van der Waals surface area contributed by atoms with Crippen LogP contribution in [0.4, 0.5) is 0 Å². The van der Waals surface area contributed by atoms with Gasteiger partial charge in [0.2, 0.25) is 5.91 Å². The summed E-state index contributed by atoms with van der Waals surface area (Å²) >= 11 is 0. The summed E-state index contributed by atoms with van der Waals surface area (Å²) < 4.78 is 5.46. The van der Waals surface area contributed by atoms with Gasteiger partial charge >= 0.3 is 5.97 Å². The predicted octanol–water partition coefficient (Wildman–Crippen LogP) is 0.206. The van der Waals surface area contributed by atoms with E-state index in [-0.39, 0.29) is 25.0 Å². The molecule has 1 atom stereocenters. The van der Waals surface area contributed by atoms with Crippen LogP contribution in [0.5, 0.6) is 0 Å². The fourth-order valence-corrected chi connectivity index (χ4v) is 1.96. The van der Waals surface area contributed by atoms with E-state index in [4.69, 9.17) is 15.6 Å². The molecular weight excluding hydrogens is 236 g/mol. The van der Waals surface area contributed by atoms with Crippen molar-refractivity contribution < 1.29 is 19.4 Å². The number of nitrogens with two attached hydrogens (primary N) is 1. The number of ether oxygens (including phenoxy) is 1. The SMILES string of the molecule is CC[C@@H](N)C(=O)N1CCC(OCCC(=O)O)CC1. The highest BCUT2D eigenvalue weighted by Gasteiger charge is 2.25. The van der Waals surface area contributed by atoms with Crippen LogP contribution < -0.4 is 5.73 Å². The van der Waals surface area contributed by atoms with E-state index in [1.165, 1.54) is 0 Å². The van der Waals surface area contributed by atoms with E-state index < -0.39 is 12.0 Å². The number of likely N-dealkylation sites (tertiary alicyclic amines) is 1. The van der Waals surface area contributed by atoms with E-state index in [1.807, 2.05) is 6.92 Å². The normalized spacial score (nSPS) is 18.7. The quantitative estimate of drug-likeness (QED) is 0.710. The highest BCUT2D eigenvalue weighted by molar-refractivity contribution is 5.81.